The summed E-state index contributed by atoms with van der Waals surface area (Å²) in [5, 5.41) is 7.32. The van der Waals surface area contributed by atoms with E-state index in [0.717, 1.165) is 42.4 Å². The Balaban J connectivity index is 1.43. The van der Waals surface area contributed by atoms with Crippen LogP contribution in [-0.4, -0.2) is 37.7 Å². The number of hydrogen-bond donors (Lipinski definition) is 2. The molecule has 0 spiro atoms. The molecule has 0 radical (unpaired) electrons. The van der Waals surface area contributed by atoms with E-state index in [1.54, 1.807) is 20.4 Å². The lowest BCUT2D eigenvalue weighted by Crippen LogP contribution is -2.42. The first kappa shape index (κ1) is 26.2. The number of allylic oxidation sites excluding steroid dienone is 3. The summed E-state index contributed by atoms with van der Waals surface area (Å²) in [6.07, 6.45) is 10.9. The maximum absolute atomic E-state index is 13.1. The zero-order chi connectivity index (χ0) is 26.2. The minimum atomic E-state index is -0.266. The van der Waals surface area contributed by atoms with E-state index in [0.29, 0.717) is 28.9 Å². The van der Waals surface area contributed by atoms with E-state index < -0.39 is 0 Å². The number of ether oxygens (including phenoxy) is 3. The number of carbonyl (C=O) groups excluding carboxylic acids is 1. The monoisotopic (exact) mass is 501 g/mol. The molecular weight excluding hydrogens is 466 g/mol. The second-order valence-corrected chi connectivity index (χ2v) is 9.50. The number of amides is 1. The smallest absolute Gasteiger partial charge is 0.241 e. The molecule has 0 aliphatic heterocycles. The van der Waals surface area contributed by atoms with Crippen LogP contribution in [-0.2, 0) is 4.79 Å². The van der Waals surface area contributed by atoms with Crippen LogP contribution in [0.3, 0.4) is 0 Å². The third kappa shape index (κ3) is 6.89. The van der Waals surface area contributed by atoms with E-state index in [4.69, 9.17) is 14.2 Å². The molecule has 0 bridgehead atoms. The Bertz CT molecular complexity index is 1280. The molecule has 0 fully saturated rings. The summed E-state index contributed by atoms with van der Waals surface area (Å²) in [6.45, 7) is 4.98. The summed E-state index contributed by atoms with van der Waals surface area (Å²) in [5.74, 6) is 2.87. The number of hydrogen-bond acceptors (Lipinski definition) is 6. The molecule has 194 valence electrons. The van der Waals surface area contributed by atoms with Crippen molar-refractivity contribution in [3.63, 3.8) is 0 Å². The number of rotatable bonds is 11. The van der Waals surface area contributed by atoms with Crippen molar-refractivity contribution in [2.75, 3.05) is 26.1 Å². The summed E-state index contributed by atoms with van der Waals surface area (Å²) < 4.78 is 17.0. The van der Waals surface area contributed by atoms with E-state index in [2.05, 4.69) is 47.7 Å². The molecule has 1 heterocycles. The van der Waals surface area contributed by atoms with Gasteiger partial charge in [-0.05, 0) is 61.6 Å². The Hall–Kier alpha value is -3.84. The van der Waals surface area contributed by atoms with E-state index in [-0.39, 0.29) is 11.9 Å². The number of aromatic nitrogens is 1. The molecule has 1 amide bonds. The van der Waals surface area contributed by atoms with Crippen LogP contribution in [0, 0.1) is 5.92 Å². The van der Waals surface area contributed by atoms with Crippen molar-refractivity contribution in [2.45, 2.75) is 39.2 Å². The van der Waals surface area contributed by atoms with Crippen molar-refractivity contribution < 1.29 is 19.0 Å². The minimum Gasteiger partial charge on any atom is -0.493 e. The van der Waals surface area contributed by atoms with Crippen molar-refractivity contribution in [2.24, 2.45) is 5.92 Å². The van der Waals surface area contributed by atoms with Gasteiger partial charge in [-0.2, -0.15) is 0 Å². The van der Waals surface area contributed by atoms with Gasteiger partial charge >= 0.3 is 0 Å². The number of methoxy groups -OCH3 is 2. The number of benzene rings is 2. The standard InChI is InChI=1S/C30H35N3O4/c1-20(2)16-26(32-19-21-8-6-5-7-9-21)30(34)33-22-10-12-23(13-11-22)37-27-14-15-31-25-18-29(36-4)28(35-3)17-24(25)27/h5-6,8,10-15,17-18,20,26,32H,7,9,16,19H2,1-4H3,(H,33,34). The van der Waals surface area contributed by atoms with Crippen molar-refractivity contribution in [3.05, 3.63) is 72.5 Å². The van der Waals surface area contributed by atoms with Crippen molar-refractivity contribution in [3.8, 4) is 23.0 Å². The molecule has 1 aliphatic rings. The Labute approximate surface area is 218 Å². The van der Waals surface area contributed by atoms with Crippen LogP contribution in [0.1, 0.15) is 33.1 Å². The maximum atomic E-state index is 13.1. The van der Waals surface area contributed by atoms with Crippen molar-refractivity contribution in [1.82, 2.24) is 10.3 Å². The summed E-state index contributed by atoms with van der Waals surface area (Å²) in [7, 11) is 3.19. The molecule has 7 heteroatoms. The van der Waals surface area contributed by atoms with Gasteiger partial charge in [0.1, 0.15) is 11.5 Å². The van der Waals surface area contributed by atoms with Gasteiger partial charge in [0.15, 0.2) is 11.5 Å². The molecule has 1 unspecified atom stereocenters. The van der Waals surface area contributed by atoms with Gasteiger partial charge in [0, 0.05) is 29.9 Å². The molecule has 0 saturated heterocycles. The van der Waals surface area contributed by atoms with Crippen LogP contribution < -0.4 is 24.8 Å². The molecule has 7 nitrogen and oxygen atoms in total. The lowest BCUT2D eigenvalue weighted by molar-refractivity contribution is -0.118. The van der Waals surface area contributed by atoms with Gasteiger partial charge in [0.25, 0.3) is 0 Å². The van der Waals surface area contributed by atoms with Gasteiger partial charge in [-0.3, -0.25) is 9.78 Å². The number of carbonyl (C=O) groups is 1. The van der Waals surface area contributed by atoms with Gasteiger partial charge in [0.2, 0.25) is 5.91 Å². The van der Waals surface area contributed by atoms with Crippen LogP contribution in [0.25, 0.3) is 10.9 Å². The number of pyridine rings is 1. The molecule has 2 aromatic carbocycles. The number of anilines is 1. The molecule has 37 heavy (non-hydrogen) atoms. The number of fused-ring (bicyclic) bond motifs is 1. The zero-order valence-corrected chi connectivity index (χ0v) is 21.9. The fraction of sp³-hybridized carbons (Fsp3) is 0.333. The lowest BCUT2D eigenvalue weighted by atomic mass is 10.0. The van der Waals surface area contributed by atoms with Gasteiger partial charge in [-0.25, -0.2) is 0 Å². The average molecular weight is 502 g/mol. The highest BCUT2D eigenvalue weighted by atomic mass is 16.5. The van der Waals surface area contributed by atoms with Crippen molar-refractivity contribution >= 4 is 22.5 Å². The highest BCUT2D eigenvalue weighted by molar-refractivity contribution is 5.95. The quantitative estimate of drug-likeness (QED) is 0.323. The average Bonchev–Trinajstić information content (AvgIpc) is 2.91. The molecular formula is C30H35N3O4. The minimum absolute atomic E-state index is 0.0320. The van der Waals surface area contributed by atoms with Gasteiger partial charge in [-0.1, -0.05) is 37.6 Å². The molecule has 0 saturated carbocycles. The zero-order valence-electron chi connectivity index (χ0n) is 21.9. The Kier molecular flexibility index (Phi) is 8.80. The fourth-order valence-electron chi connectivity index (χ4n) is 4.31. The van der Waals surface area contributed by atoms with E-state index in [1.807, 2.05) is 42.5 Å². The fourth-order valence-corrected chi connectivity index (χ4v) is 4.31. The molecule has 1 aromatic heterocycles. The molecule has 2 N–H and O–H groups in total. The van der Waals surface area contributed by atoms with Crippen LogP contribution in [0.4, 0.5) is 5.69 Å². The Morgan fingerprint density at radius 2 is 1.78 bits per heavy atom. The van der Waals surface area contributed by atoms with Gasteiger partial charge in [0.05, 0.1) is 25.8 Å². The predicted octanol–water partition coefficient (Wildman–Crippen LogP) is 6.26. The summed E-state index contributed by atoms with van der Waals surface area (Å²) in [4.78, 5) is 17.5. The van der Waals surface area contributed by atoms with Gasteiger partial charge in [-0.15, -0.1) is 0 Å². The van der Waals surface area contributed by atoms with Gasteiger partial charge < -0.3 is 24.8 Å². The maximum Gasteiger partial charge on any atom is 0.241 e. The van der Waals surface area contributed by atoms with E-state index in [1.165, 1.54) is 5.57 Å². The first-order chi connectivity index (χ1) is 18.0. The molecule has 1 atom stereocenters. The highest BCUT2D eigenvalue weighted by Gasteiger charge is 2.20. The third-order valence-corrected chi connectivity index (χ3v) is 6.26. The highest BCUT2D eigenvalue weighted by Crippen LogP contribution is 2.37. The topological polar surface area (TPSA) is 81.7 Å². The van der Waals surface area contributed by atoms with Crippen LogP contribution in [0.5, 0.6) is 23.0 Å². The second-order valence-electron chi connectivity index (χ2n) is 9.50. The molecule has 3 aromatic rings. The first-order valence-corrected chi connectivity index (χ1v) is 12.6. The molecule has 1 aliphatic carbocycles. The predicted molar refractivity (Wildman–Crippen MR) is 148 cm³/mol. The Morgan fingerprint density at radius 3 is 2.46 bits per heavy atom. The largest absolute Gasteiger partial charge is 0.493 e. The summed E-state index contributed by atoms with van der Waals surface area (Å²) >= 11 is 0. The molecule has 4 rings (SSSR count). The SMILES string of the molecule is COc1cc2nccc(Oc3ccc(NC(=O)C(CC(C)C)NCC4=CC=CCC4)cc3)c2cc1OC. The van der Waals surface area contributed by atoms with Crippen LogP contribution in [0.15, 0.2) is 72.5 Å². The summed E-state index contributed by atoms with van der Waals surface area (Å²) in [6, 6.07) is 12.6. The number of nitrogens with one attached hydrogen (secondary N) is 2. The first-order valence-electron chi connectivity index (χ1n) is 12.6. The normalized spacial score (nSPS) is 13.8. The third-order valence-electron chi connectivity index (χ3n) is 6.26. The number of nitrogens with zero attached hydrogens (tertiary/aromatic N) is 1. The van der Waals surface area contributed by atoms with E-state index in [9.17, 15) is 4.79 Å². The summed E-state index contributed by atoms with van der Waals surface area (Å²) in [5.41, 5.74) is 2.78. The van der Waals surface area contributed by atoms with Crippen LogP contribution in [0.2, 0.25) is 0 Å². The Morgan fingerprint density at radius 1 is 1.03 bits per heavy atom. The second kappa shape index (κ2) is 12.4. The lowest BCUT2D eigenvalue weighted by Gasteiger charge is -2.21. The van der Waals surface area contributed by atoms with E-state index >= 15 is 0 Å². The van der Waals surface area contributed by atoms with Crippen molar-refractivity contribution in [1.29, 1.82) is 0 Å². The van der Waals surface area contributed by atoms with Crippen LogP contribution >= 0.6 is 0 Å².